The maximum absolute atomic E-state index is 10.4. The third-order valence-corrected chi connectivity index (χ3v) is 3.63. The highest BCUT2D eigenvalue weighted by Gasteiger charge is 2.44. The molecule has 0 atom stereocenters. The zero-order valence-electron chi connectivity index (χ0n) is 8.71. The molecule has 0 bridgehead atoms. The quantitative estimate of drug-likeness (QED) is 0.591. The van der Waals surface area contributed by atoms with E-state index < -0.39 is 5.60 Å². The van der Waals surface area contributed by atoms with Gasteiger partial charge < -0.3 is 16.6 Å². The average molecular weight is 186 g/mol. The fourth-order valence-electron chi connectivity index (χ4n) is 1.98. The van der Waals surface area contributed by atoms with Crippen LogP contribution in [0.5, 0.6) is 0 Å². The van der Waals surface area contributed by atoms with Crippen molar-refractivity contribution in [2.75, 3.05) is 6.54 Å². The highest BCUT2D eigenvalue weighted by Crippen LogP contribution is 2.41. The number of rotatable bonds is 2. The molecule has 0 spiro atoms. The van der Waals surface area contributed by atoms with Gasteiger partial charge in [0.1, 0.15) is 0 Å². The van der Waals surface area contributed by atoms with E-state index in [2.05, 4.69) is 0 Å². The topological polar surface area (TPSA) is 72.3 Å². The number of hydrogen-bond acceptors (Lipinski definition) is 3. The average Bonchev–Trinajstić information content (AvgIpc) is 2.10. The summed E-state index contributed by atoms with van der Waals surface area (Å²) in [5.74, 6) is 0. The van der Waals surface area contributed by atoms with Crippen molar-refractivity contribution in [2.45, 2.75) is 51.2 Å². The van der Waals surface area contributed by atoms with Crippen LogP contribution in [0, 0.1) is 5.41 Å². The van der Waals surface area contributed by atoms with E-state index in [1.165, 1.54) is 0 Å². The zero-order valence-corrected chi connectivity index (χ0v) is 8.71. The second kappa shape index (κ2) is 3.56. The fraction of sp³-hybridized carbons (Fsp3) is 1.00. The van der Waals surface area contributed by atoms with E-state index in [-0.39, 0.29) is 11.5 Å². The van der Waals surface area contributed by atoms with Gasteiger partial charge in [0.15, 0.2) is 0 Å². The number of aliphatic hydroxyl groups is 1. The minimum atomic E-state index is -0.600. The first kappa shape index (κ1) is 11.0. The molecule has 1 rings (SSSR count). The molecule has 3 heteroatoms. The van der Waals surface area contributed by atoms with E-state index in [0.717, 1.165) is 25.7 Å². The molecule has 1 saturated carbocycles. The summed E-state index contributed by atoms with van der Waals surface area (Å²) in [6.45, 7) is 4.59. The molecule has 0 aromatic carbocycles. The maximum Gasteiger partial charge on any atom is 0.0711 e. The van der Waals surface area contributed by atoms with Gasteiger partial charge in [0.25, 0.3) is 0 Å². The lowest BCUT2D eigenvalue weighted by Gasteiger charge is -2.46. The normalized spacial score (nSPS) is 36.2. The minimum absolute atomic E-state index is 0.187. The van der Waals surface area contributed by atoms with E-state index in [4.69, 9.17) is 11.5 Å². The van der Waals surface area contributed by atoms with Crippen LogP contribution in [0.4, 0.5) is 0 Å². The van der Waals surface area contributed by atoms with Gasteiger partial charge in [0.05, 0.1) is 5.60 Å². The second-order valence-electron chi connectivity index (χ2n) is 4.96. The van der Waals surface area contributed by atoms with Crippen molar-refractivity contribution in [3.8, 4) is 0 Å². The first-order chi connectivity index (χ1) is 5.91. The molecular formula is C10H22N2O. The van der Waals surface area contributed by atoms with Crippen LogP contribution in [-0.2, 0) is 0 Å². The van der Waals surface area contributed by atoms with Crippen molar-refractivity contribution in [1.82, 2.24) is 0 Å². The molecule has 0 radical (unpaired) electrons. The Bertz CT molecular complexity index is 172. The Balaban J connectivity index is 2.66. The summed E-state index contributed by atoms with van der Waals surface area (Å²) < 4.78 is 0. The lowest BCUT2D eigenvalue weighted by Crippen LogP contribution is -2.52. The monoisotopic (exact) mass is 186 g/mol. The molecule has 78 valence electrons. The predicted octanol–water partition coefficient (Wildman–Crippen LogP) is 0.604. The van der Waals surface area contributed by atoms with Crippen molar-refractivity contribution in [2.24, 2.45) is 16.9 Å². The van der Waals surface area contributed by atoms with Gasteiger partial charge in [-0.2, -0.15) is 0 Å². The summed E-state index contributed by atoms with van der Waals surface area (Å²) in [7, 11) is 0. The summed E-state index contributed by atoms with van der Waals surface area (Å²) in [5, 5.41) is 10.4. The largest absolute Gasteiger partial charge is 0.389 e. The lowest BCUT2D eigenvalue weighted by molar-refractivity contribution is -0.0911. The van der Waals surface area contributed by atoms with Gasteiger partial charge in [0, 0.05) is 18.0 Å². The van der Waals surface area contributed by atoms with E-state index >= 15 is 0 Å². The summed E-state index contributed by atoms with van der Waals surface area (Å²) >= 11 is 0. The van der Waals surface area contributed by atoms with Crippen molar-refractivity contribution in [1.29, 1.82) is 0 Å². The summed E-state index contributed by atoms with van der Waals surface area (Å²) in [6.07, 6.45) is 3.41. The van der Waals surface area contributed by atoms with Crippen molar-refractivity contribution in [3.63, 3.8) is 0 Å². The molecule has 5 N–H and O–H groups in total. The van der Waals surface area contributed by atoms with Crippen LogP contribution in [0.15, 0.2) is 0 Å². The van der Waals surface area contributed by atoms with Crippen LogP contribution < -0.4 is 11.5 Å². The molecule has 1 fully saturated rings. The Hall–Kier alpha value is -0.120. The van der Waals surface area contributed by atoms with E-state index in [1.807, 2.05) is 13.8 Å². The van der Waals surface area contributed by atoms with Crippen LogP contribution in [-0.4, -0.2) is 23.3 Å². The molecule has 0 saturated heterocycles. The summed E-state index contributed by atoms with van der Waals surface area (Å²) in [5.41, 5.74) is 10.7. The standard InChI is InChI=1S/C10H22N2O/c1-9(2,7-11)10(13)5-3-8(12)4-6-10/h8,13H,3-7,11-12H2,1-2H3. The van der Waals surface area contributed by atoms with Crippen LogP contribution >= 0.6 is 0 Å². The number of nitrogens with two attached hydrogens (primary N) is 2. The molecular weight excluding hydrogens is 164 g/mol. The highest BCUT2D eigenvalue weighted by atomic mass is 16.3. The van der Waals surface area contributed by atoms with Crippen LogP contribution in [0.25, 0.3) is 0 Å². The van der Waals surface area contributed by atoms with Crippen LogP contribution in [0.3, 0.4) is 0 Å². The fourth-order valence-corrected chi connectivity index (χ4v) is 1.98. The van der Waals surface area contributed by atoms with Crippen molar-refractivity contribution >= 4 is 0 Å². The van der Waals surface area contributed by atoms with Gasteiger partial charge >= 0.3 is 0 Å². The predicted molar refractivity (Wildman–Crippen MR) is 54.2 cm³/mol. The molecule has 1 aliphatic carbocycles. The van der Waals surface area contributed by atoms with Gasteiger partial charge in [-0.15, -0.1) is 0 Å². The molecule has 0 aromatic heterocycles. The Kier molecular flexibility index (Phi) is 3.00. The summed E-state index contributed by atoms with van der Waals surface area (Å²) in [4.78, 5) is 0. The van der Waals surface area contributed by atoms with Crippen LogP contribution in [0.2, 0.25) is 0 Å². The Morgan fingerprint density at radius 1 is 1.38 bits per heavy atom. The molecule has 0 aromatic rings. The number of hydrogen-bond donors (Lipinski definition) is 3. The molecule has 1 aliphatic rings. The molecule has 0 unspecified atom stereocenters. The highest BCUT2D eigenvalue weighted by molar-refractivity contribution is 4.97. The first-order valence-electron chi connectivity index (χ1n) is 5.09. The van der Waals surface area contributed by atoms with Gasteiger partial charge in [-0.25, -0.2) is 0 Å². The lowest BCUT2D eigenvalue weighted by atomic mass is 9.66. The van der Waals surface area contributed by atoms with Crippen molar-refractivity contribution < 1.29 is 5.11 Å². The second-order valence-corrected chi connectivity index (χ2v) is 4.96. The molecule has 0 aliphatic heterocycles. The third kappa shape index (κ3) is 2.03. The van der Waals surface area contributed by atoms with Gasteiger partial charge in [-0.3, -0.25) is 0 Å². The SMILES string of the molecule is CC(C)(CN)C1(O)CCC(N)CC1. The Labute approximate surface area is 80.5 Å². The van der Waals surface area contributed by atoms with Gasteiger partial charge in [-0.05, 0) is 25.7 Å². The van der Waals surface area contributed by atoms with Crippen molar-refractivity contribution in [3.05, 3.63) is 0 Å². The minimum Gasteiger partial charge on any atom is -0.389 e. The molecule has 13 heavy (non-hydrogen) atoms. The van der Waals surface area contributed by atoms with Gasteiger partial charge in [0.2, 0.25) is 0 Å². The Morgan fingerprint density at radius 2 is 1.85 bits per heavy atom. The first-order valence-corrected chi connectivity index (χ1v) is 5.09. The molecule has 0 heterocycles. The summed E-state index contributed by atoms with van der Waals surface area (Å²) in [6, 6.07) is 0.272. The maximum atomic E-state index is 10.4. The third-order valence-electron chi connectivity index (χ3n) is 3.63. The van der Waals surface area contributed by atoms with Crippen LogP contribution in [0.1, 0.15) is 39.5 Å². The molecule has 0 amide bonds. The smallest absolute Gasteiger partial charge is 0.0711 e. The van der Waals surface area contributed by atoms with E-state index in [9.17, 15) is 5.11 Å². The molecule has 3 nitrogen and oxygen atoms in total. The zero-order chi connectivity index (χ0) is 10.1. The van der Waals surface area contributed by atoms with Gasteiger partial charge in [-0.1, -0.05) is 13.8 Å². The Morgan fingerprint density at radius 3 is 2.23 bits per heavy atom. The van der Waals surface area contributed by atoms with E-state index in [1.54, 1.807) is 0 Å². The van der Waals surface area contributed by atoms with E-state index in [0.29, 0.717) is 6.54 Å².